The Kier molecular flexibility index (Phi) is 3.38. The summed E-state index contributed by atoms with van der Waals surface area (Å²) in [7, 11) is 0. The molecule has 1 heterocycles. The van der Waals surface area contributed by atoms with Crippen LogP contribution in [0.2, 0.25) is 10.0 Å². The van der Waals surface area contributed by atoms with Gasteiger partial charge in [-0.05, 0) is 54.4 Å². The Labute approximate surface area is 136 Å². The number of amides is 1. The van der Waals surface area contributed by atoms with Crippen LogP contribution in [0.1, 0.15) is 28.4 Å². The number of carbonyl (C=O) groups is 2. The normalized spacial score (nSPS) is 19.7. The van der Waals surface area contributed by atoms with E-state index in [-0.39, 0.29) is 11.5 Å². The smallest absolute Gasteiger partial charge is 0.335 e. The lowest BCUT2D eigenvalue weighted by Gasteiger charge is -2.24. The standard InChI is InChI=1S/C16H11Cl2NO3/c1-16(10-6-8(14(20)21)2-4-12(10)18)11-7-9(17)3-5-13(11)19-15(16)22/h2-7H,1H3,(H,19,22)(H,20,21). The van der Waals surface area contributed by atoms with Gasteiger partial charge in [0.1, 0.15) is 0 Å². The molecule has 1 atom stereocenters. The molecule has 0 saturated heterocycles. The third-order valence-corrected chi connectivity index (χ3v) is 4.54. The van der Waals surface area contributed by atoms with Crippen molar-refractivity contribution in [2.75, 3.05) is 5.32 Å². The van der Waals surface area contributed by atoms with Crippen LogP contribution in [0.3, 0.4) is 0 Å². The van der Waals surface area contributed by atoms with E-state index in [2.05, 4.69) is 5.32 Å². The second-order valence-electron chi connectivity index (χ2n) is 5.27. The van der Waals surface area contributed by atoms with Crippen molar-refractivity contribution in [1.82, 2.24) is 0 Å². The van der Waals surface area contributed by atoms with Crippen LogP contribution in [0.4, 0.5) is 5.69 Å². The number of halogens is 2. The second kappa shape index (κ2) is 5.00. The van der Waals surface area contributed by atoms with Crippen LogP contribution >= 0.6 is 23.2 Å². The highest BCUT2D eigenvalue weighted by molar-refractivity contribution is 6.32. The summed E-state index contributed by atoms with van der Waals surface area (Å²) in [6, 6.07) is 9.42. The Morgan fingerprint density at radius 1 is 1.14 bits per heavy atom. The molecule has 0 spiro atoms. The summed E-state index contributed by atoms with van der Waals surface area (Å²) in [4.78, 5) is 23.7. The molecule has 3 rings (SSSR count). The van der Waals surface area contributed by atoms with Crippen LogP contribution in [0.25, 0.3) is 0 Å². The van der Waals surface area contributed by atoms with Gasteiger partial charge in [-0.15, -0.1) is 0 Å². The Morgan fingerprint density at radius 2 is 1.86 bits per heavy atom. The third-order valence-electron chi connectivity index (χ3n) is 3.97. The topological polar surface area (TPSA) is 66.4 Å². The van der Waals surface area contributed by atoms with Crippen molar-refractivity contribution < 1.29 is 14.7 Å². The zero-order valence-corrected chi connectivity index (χ0v) is 13.0. The van der Waals surface area contributed by atoms with Crippen molar-refractivity contribution in [2.45, 2.75) is 12.3 Å². The fraction of sp³-hybridized carbons (Fsp3) is 0.125. The van der Waals surface area contributed by atoms with Gasteiger partial charge in [0.05, 0.1) is 11.0 Å². The molecular formula is C16H11Cl2NO3. The lowest BCUT2D eigenvalue weighted by molar-refractivity contribution is -0.119. The first-order valence-electron chi connectivity index (χ1n) is 6.49. The molecule has 1 aliphatic rings. The fourth-order valence-corrected chi connectivity index (χ4v) is 3.20. The lowest BCUT2D eigenvalue weighted by atomic mass is 9.77. The molecule has 1 unspecified atom stereocenters. The van der Waals surface area contributed by atoms with E-state index in [0.29, 0.717) is 26.9 Å². The molecule has 1 amide bonds. The van der Waals surface area contributed by atoms with Crippen LogP contribution < -0.4 is 5.32 Å². The summed E-state index contributed by atoms with van der Waals surface area (Å²) in [5, 5.41) is 12.8. The monoisotopic (exact) mass is 335 g/mol. The highest BCUT2D eigenvalue weighted by atomic mass is 35.5. The van der Waals surface area contributed by atoms with Gasteiger partial charge in [-0.1, -0.05) is 23.2 Å². The van der Waals surface area contributed by atoms with E-state index in [4.69, 9.17) is 28.3 Å². The number of anilines is 1. The first kappa shape index (κ1) is 14.9. The Hall–Kier alpha value is -2.04. The summed E-state index contributed by atoms with van der Waals surface area (Å²) in [5.74, 6) is -1.35. The molecule has 4 nitrogen and oxygen atoms in total. The van der Waals surface area contributed by atoms with E-state index >= 15 is 0 Å². The molecule has 0 aromatic heterocycles. The molecule has 6 heteroatoms. The minimum absolute atomic E-state index is 0.0731. The zero-order chi connectivity index (χ0) is 16.1. The van der Waals surface area contributed by atoms with Crippen molar-refractivity contribution >= 4 is 40.8 Å². The average molecular weight is 336 g/mol. The summed E-state index contributed by atoms with van der Waals surface area (Å²) in [6.07, 6.45) is 0. The van der Waals surface area contributed by atoms with Crippen LogP contribution in [-0.4, -0.2) is 17.0 Å². The molecule has 0 radical (unpaired) electrons. The van der Waals surface area contributed by atoms with Crippen molar-refractivity contribution in [3.63, 3.8) is 0 Å². The maximum Gasteiger partial charge on any atom is 0.335 e. The molecule has 0 saturated carbocycles. The minimum Gasteiger partial charge on any atom is -0.478 e. The largest absolute Gasteiger partial charge is 0.478 e. The molecule has 2 N–H and O–H groups in total. The van der Waals surface area contributed by atoms with Gasteiger partial charge in [0.15, 0.2) is 0 Å². The van der Waals surface area contributed by atoms with Gasteiger partial charge in [0, 0.05) is 15.7 Å². The van der Waals surface area contributed by atoms with Crippen LogP contribution in [-0.2, 0) is 10.2 Å². The van der Waals surface area contributed by atoms with Crippen molar-refractivity contribution in [1.29, 1.82) is 0 Å². The molecule has 0 bridgehead atoms. The van der Waals surface area contributed by atoms with Crippen LogP contribution in [0, 0.1) is 0 Å². The van der Waals surface area contributed by atoms with E-state index in [1.165, 1.54) is 18.2 Å². The fourth-order valence-electron chi connectivity index (χ4n) is 2.72. The molecule has 22 heavy (non-hydrogen) atoms. The number of nitrogens with one attached hydrogen (secondary N) is 1. The number of carboxylic acids is 1. The number of carboxylic acid groups (broad SMARTS) is 1. The molecule has 2 aromatic carbocycles. The number of carbonyl (C=O) groups excluding carboxylic acids is 1. The average Bonchev–Trinajstić information content (AvgIpc) is 2.72. The molecule has 2 aromatic rings. The molecule has 112 valence electrons. The Bertz CT molecular complexity index is 819. The lowest BCUT2D eigenvalue weighted by Crippen LogP contribution is -2.32. The highest BCUT2D eigenvalue weighted by Crippen LogP contribution is 2.45. The van der Waals surface area contributed by atoms with Crippen LogP contribution in [0.15, 0.2) is 36.4 Å². The number of aromatic carboxylic acids is 1. The van der Waals surface area contributed by atoms with Gasteiger partial charge < -0.3 is 10.4 Å². The van der Waals surface area contributed by atoms with Gasteiger partial charge >= 0.3 is 5.97 Å². The summed E-state index contributed by atoms with van der Waals surface area (Å²) in [6.45, 7) is 1.71. The second-order valence-corrected chi connectivity index (χ2v) is 6.11. The maximum absolute atomic E-state index is 12.5. The first-order chi connectivity index (χ1) is 10.3. The predicted octanol–water partition coefficient (Wildman–Crippen LogP) is 3.95. The Balaban J connectivity index is 2.28. The van der Waals surface area contributed by atoms with E-state index < -0.39 is 11.4 Å². The number of benzene rings is 2. The van der Waals surface area contributed by atoms with E-state index in [1.807, 2.05) is 0 Å². The van der Waals surface area contributed by atoms with E-state index in [0.717, 1.165) is 0 Å². The Morgan fingerprint density at radius 3 is 2.55 bits per heavy atom. The summed E-state index contributed by atoms with van der Waals surface area (Å²) < 4.78 is 0. The number of fused-ring (bicyclic) bond motifs is 1. The number of hydrogen-bond donors (Lipinski definition) is 2. The van der Waals surface area contributed by atoms with E-state index in [9.17, 15) is 9.59 Å². The van der Waals surface area contributed by atoms with Crippen LogP contribution in [0.5, 0.6) is 0 Å². The summed E-state index contributed by atoms with van der Waals surface area (Å²) >= 11 is 12.3. The van der Waals surface area contributed by atoms with Gasteiger partial charge in [0.2, 0.25) is 5.91 Å². The number of rotatable bonds is 2. The van der Waals surface area contributed by atoms with Gasteiger partial charge in [-0.25, -0.2) is 4.79 Å². The SMILES string of the molecule is CC1(c2cc(C(=O)O)ccc2Cl)C(=O)Nc2ccc(Cl)cc21. The molecular weight excluding hydrogens is 325 g/mol. The van der Waals surface area contributed by atoms with Gasteiger partial charge in [0.25, 0.3) is 0 Å². The summed E-state index contributed by atoms with van der Waals surface area (Å²) in [5.41, 5.74) is 0.739. The van der Waals surface area contributed by atoms with Crippen molar-refractivity contribution in [2.24, 2.45) is 0 Å². The number of hydrogen-bond acceptors (Lipinski definition) is 2. The quantitative estimate of drug-likeness (QED) is 0.873. The van der Waals surface area contributed by atoms with Gasteiger partial charge in [-0.3, -0.25) is 4.79 Å². The molecule has 0 aliphatic carbocycles. The zero-order valence-electron chi connectivity index (χ0n) is 11.5. The minimum atomic E-state index is -1.09. The van der Waals surface area contributed by atoms with Crippen molar-refractivity contribution in [3.8, 4) is 0 Å². The van der Waals surface area contributed by atoms with Gasteiger partial charge in [-0.2, -0.15) is 0 Å². The maximum atomic E-state index is 12.5. The first-order valence-corrected chi connectivity index (χ1v) is 7.24. The molecule has 1 aliphatic heterocycles. The van der Waals surface area contributed by atoms with E-state index in [1.54, 1.807) is 25.1 Å². The highest BCUT2D eigenvalue weighted by Gasteiger charge is 2.45. The predicted molar refractivity (Wildman–Crippen MR) is 84.9 cm³/mol. The molecule has 0 fully saturated rings. The third kappa shape index (κ3) is 2.07. The van der Waals surface area contributed by atoms with Crippen molar-refractivity contribution in [3.05, 3.63) is 63.1 Å².